The number of ether oxygens (including phenoxy) is 1. The predicted molar refractivity (Wildman–Crippen MR) is 131 cm³/mol. The normalized spacial score (nSPS) is 11.4. The van der Waals surface area contributed by atoms with Crippen molar-refractivity contribution in [1.82, 2.24) is 9.66 Å². The topological polar surface area (TPSA) is 69.6 Å². The number of halogens is 1. The van der Waals surface area contributed by atoms with Gasteiger partial charge in [0.1, 0.15) is 17.9 Å². The van der Waals surface area contributed by atoms with Crippen molar-refractivity contribution in [3.8, 4) is 17.3 Å². The highest BCUT2D eigenvalue weighted by Gasteiger charge is 2.16. The Morgan fingerprint density at radius 1 is 1.09 bits per heavy atom. The second-order valence-corrected chi connectivity index (χ2v) is 7.72. The summed E-state index contributed by atoms with van der Waals surface area (Å²) in [6.07, 6.45) is 3.26. The van der Waals surface area contributed by atoms with E-state index in [1.807, 2.05) is 30.3 Å². The van der Waals surface area contributed by atoms with Gasteiger partial charge in [-0.2, -0.15) is 9.78 Å². The van der Waals surface area contributed by atoms with E-state index < -0.39 is 0 Å². The van der Waals surface area contributed by atoms with E-state index in [1.165, 1.54) is 4.68 Å². The van der Waals surface area contributed by atoms with Crippen LogP contribution < -0.4 is 10.3 Å². The van der Waals surface area contributed by atoms with Crippen molar-refractivity contribution in [3.05, 3.63) is 106 Å². The van der Waals surface area contributed by atoms with E-state index in [9.17, 15) is 4.79 Å². The minimum atomic E-state index is -0.301. The third-order valence-corrected chi connectivity index (χ3v) is 5.24. The van der Waals surface area contributed by atoms with Crippen LogP contribution in [0.3, 0.4) is 0 Å². The van der Waals surface area contributed by atoms with Crippen molar-refractivity contribution in [2.45, 2.75) is 0 Å². The first-order chi connectivity index (χ1) is 16.1. The van der Waals surface area contributed by atoms with Crippen LogP contribution in [0.1, 0.15) is 5.56 Å². The molecule has 0 aliphatic carbocycles. The van der Waals surface area contributed by atoms with Crippen molar-refractivity contribution >= 4 is 39.7 Å². The van der Waals surface area contributed by atoms with Crippen molar-refractivity contribution in [2.75, 3.05) is 6.61 Å². The molecule has 5 rings (SSSR count). The van der Waals surface area contributed by atoms with Gasteiger partial charge < -0.3 is 9.15 Å². The zero-order chi connectivity index (χ0) is 22.8. The molecule has 33 heavy (non-hydrogen) atoms. The molecule has 0 saturated heterocycles. The third-order valence-electron chi connectivity index (χ3n) is 5.00. The van der Waals surface area contributed by atoms with Gasteiger partial charge in [0, 0.05) is 10.4 Å². The van der Waals surface area contributed by atoms with Crippen molar-refractivity contribution in [1.29, 1.82) is 0 Å². The number of nitrogens with zero attached hydrogens (tertiary/aromatic N) is 3. The maximum absolute atomic E-state index is 13.3. The Morgan fingerprint density at radius 2 is 1.97 bits per heavy atom. The van der Waals surface area contributed by atoms with Gasteiger partial charge in [0.2, 0.25) is 5.82 Å². The van der Waals surface area contributed by atoms with Gasteiger partial charge in [-0.05, 0) is 54.1 Å². The summed E-state index contributed by atoms with van der Waals surface area (Å²) in [5.41, 5.74) is 1.66. The van der Waals surface area contributed by atoms with Crippen LogP contribution in [0.2, 0.25) is 5.02 Å². The number of hydrogen-bond acceptors (Lipinski definition) is 5. The Bertz CT molecular complexity index is 1580. The van der Waals surface area contributed by atoms with Crippen molar-refractivity contribution in [3.63, 3.8) is 0 Å². The average molecular weight is 456 g/mol. The summed E-state index contributed by atoms with van der Waals surface area (Å²) in [7, 11) is 0. The van der Waals surface area contributed by atoms with Gasteiger partial charge in [-0.15, -0.1) is 0 Å². The van der Waals surface area contributed by atoms with E-state index in [2.05, 4.69) is 16.7 Å². The number of hydrogen-bond donors (Lipinski definition) is 0. The lowest BCUT2D eigenvalue weighted by molar-refractivity contribution is 0.363. The van der Waals surface area contributed by atoms with Crippen LogP contribution in [0.5, 0.6) is 5.75 Å². The van der Waals surface area contributed by atoms with E-state index in [0.717, 1.165) is 10.9 Å². The molecule has 0 fully saturated rings. The van der Waals surface area contributed by atoms with Gasteiger partial charge >= 0.3 is 0 Å². The molecule has 0 atom stereocenters. The summed E-state index contributed by atoms with van der Waals surface area (Å²) >= 11 is 6.12. The molecule has 5 aromatic rings. The summed E-state index contributed by atoms with van der Waals surface area (Å²) in [6, 6.07) is 21.7. The zero-order valence-corrected chi connectivity index (χ0v) is 18.2. The molecule has 3 aromatic carbocycles. The molecule has 162 valence electrons. The van der Waals surface area contributed by atoms with Crippen molar-refractivity contribution < 1.29 is 9.15 Å². The number of fused-ring (bicyclic) bond motifs is 2. The fraction of sp³-hybridized carbons (Fsp3) is 0.0385. The highest BCUT2D eigenvalue weighted by atomic mass is 35.5. The molecule has 0 aliphatic rings. The molecule has 0 spiro atoms. The molecular weight excluding hydrogens is 438 g/mol. The van der Waals surface area contributed by atoms with Gasteiger partial charge in [0.25, 0.3) is 5.56 Å². The summed E-state index contributed by atoms with van der Waals surface area (Å²) in [6.45, 7) is 4.05. The molecule has 2 aromatic heterocycles. The van der Waals surface area contributed by atoms with Crippen LogP contribution in [0, 0.1) is 0 Å². The molecule has 0 N–H and O–H groups in total. The lowest BCUT2D eigenvalue weighted by atomic mass is 10.2. The molecule has 0 saturated carbocycles. The van der Waals surface area contributed by atoms with Gasteiger partial charge in [-0.25, -0.2) is 4.98 Å². The van der Waals surface area contributed by atoms with E-state index >= 15 is 0 Å². The fourth-order valence-electron chi connectivity index (χ4n) is 3.48. The maximum atomic E-state index is 13.3. The summed E-state index contributed by atoms with van der Waals surface area (Å²) in [4.78, 5) is 18.0. The summed E-state index contributed by atoms with van der Waals surface area (Å²) < 4.78 is 12.8. The Hall–Kier alpha value is -4.16. The minimum Gasteiger partial charge on any atom is -0.490 e. The molecular formula is C26H18ClN3O3. The SMILES string of the molecule is C=CCOc1cccc(C=Nn2c(-c3cc4cc(Cl)ccc4o3)nc3ccccc3c2=O)c1. The zero-order valence-electron chi connectivity index (χ0n) is 17.4. The highest BCUT2D eigenvalue weighted by Crippen LogP contribution is 2.29. The predicted octanol–water partition coefficient (Wildman–Crippen LogP) is 5.91. The van der Waals surface area contributed by atoms with Gasteiger partial charge in [0.05, 0.1) is 17.1 Å². The molecule has 7 heteroatoms. The van der Waals surface area contributed by atoms with E-state index in [-0.39, 0.29) is 5.56 Å². The molecule has 0 aliphatic heterocycles. The van der Waals surface area contributed by atoms with E-state index in [0.29, 0.717) is 45.4 Å². The highest BCUT2D eigenvalue weighted by molar-refractivity contribution is 6.31. The van der Waals surface area contributed by atoms with Gasteiger partial charge in [-0.3, -0.25) is 4.79 Å². The molecule has 0 bridgehead atoms. The Morgan fingerprint density at radius 3 is 2.85 bits per heavy atom. The first-order valence-corrected chi connectivity index (χ1v) is 10.6. The minimum absolute atomic E-state index is 0.293. The molecule has 0 radical (unpaired) electrons. The van der Waals surface area contributed by atoms with Crippen LogP contribution >= 0.6 is 11.6 Å². The number of para-hydroxylation sites is 1. The van der Waals surface area contributed by atoms with Gasteiger partial charge in [-0.1, -0.05) is 48.5 Å². The Balaban J connectivity index is 1.65. The molecule has 6 nitrogen and oxygen atoms in total. The van der Waals surface area contributed by atoms with E-state index in [1.54, 1.807) is 54.8 Å². The quantitative estimate of drug-likeness (QED) is 0.236. The summed E-state index contributed by atoms with van der Waals surface area (Å²) in [5.74, 6) is 1.38. The first-order valence-electron chi connectivity index (χ1n) is 10.2. The lowest BCUT2D eigenvalue weighted by Gasteiger charge is -2.07. The first kappa shape index (κ1) is 20.7. The largest absolute Gasteiger partial charge is 0.490 e. The van der Waals surface area contributed by atoms with Crippen LogP contribution in [-0.4, -0.2) is 22.5 Å². The molecule has 0 amide bonds. The second-order valence-electron chi connectivity index (χ2n) is 7.28. The smallest absolute Gasteiger partial charge is 0.282 e. The van der Waals surface area contributed by atoms with Crippen LogP contribution in [0.15, 0.2) is 99.8 Å². The molecule has 2 heterocycles. The number of rotatable bonds is 6. The maximum Gasteiger partial charge on any atom is 0.282 e. The number of furan rings is 1. The third kappa shape index (κ3) is 4.16. The van der Waals surface area contributed by atoms with Gasteiger partial charge in [0.15, 0.2) is 5.76 Å². The monoisotopic (exact) mass is 455 g/mol. The fourth-order valence-corrected chi connectivity index (χ4v) is 3.66. The van der Waals surface area contributed by atoms with Crippen LogP contribution in [0.25, 0.3) is 33.5 Å². The van der Waals surface area contributed by atoms with Crippen LogP contribution in [-0.2, 0) is 0 Å². The second kappa shape index (κ2) is 8.76. The Labute approximate surface area is 194 Å². The lowest BCUT2D eigenvalue weighted by Crippen LogP contribution is -2.20. The molecule has 0 unspecified atom stereocenters. The van der Waals surface area contributed by atoms with Crippen molar-refractivity contribution in [2.24, 2.45) is 5.10 Å². The number of aromatic nitrogens is 2. The summed E-state index contributed by atoms with van der Waals surface area (Å²) in [5, 5.41) is 6.33. The Kier molecular flexibility index (Phi) is 5.50. The average Bonchev–Trinajstić information content (AvgIpc) is 3.25. The standard InChI is InChI=1S/C26H18ClN3O3/c1-2-12-32-20-7-5-6-17(13-20)16-28-30-25(29-22-9-4-3-8-21(22)26(30)31)24-15-18-14-19(27)10-11-23(18)33-24/h2-11,13-16H,1,12H2. The number of benzene rings is 3. The van der Waals surface area contributed by atoms with Crippen LogP contribution in [0.4, 0.5) is 0 Å². The van der Waals surface area contributed by atoms with E-state index in [4.69, 9.17) is 20.8 Å².